The van der Waals surface area contributed by atoms with Crippen LogP contribution in [0.4, 0.5) is 0 Å². The zero-order chi connectivity index (χ0) is 28.2. The number of nitrogens with zero attached hydrogens (tertiary/aromatic N) is 2. The van der Waals surface area contributed by atoms with Crippen molar-refractivity contribution in [1.82, 2.24) is 4.90 Å². The number of hydrogen-bond donors (Lipinski definition) is 2. The monoisotopic (exact) mass is 541 g/mol. The Labute approximate surface area is 237 Å². The van der Waals surface area contributed by atoms with Gasteiger partial charge in [-0.2, -0.15) is 4.65 Å². The first kappa shape index (κ1) is 25.9. The number of aryl methyl sites for hydroxylation is 1. The zero-order valence-electron chi connectivity index (χ0n) is 24.4. The average molecular weight is 542 g/mol. The van der Waals surface area contributed by atoms with E-state index in [-0.39, 0.29) is 45.3 Å². The standard InChI is InChI=1S/C34H40N2O4/c1-20-6-9-24(22(3)21(20)2)11-13-29(38)35(5)26-14-15-33(4)28-18-25-10-12-27(37)31-30(25)34(33,32(26)40-31)16-17-36(28,39)19-23-7-8-23/h6,9-10,12,23,26,28,32,39H,7-8,14-19H2,1-5H3/p+1/t26-,28+,32-,33-,34-,36?/m0/s1. The zero-order valence-corrected chi connectivity index (χ0v) is 24.4. The Morgan fingerprint density at radius 1 is 1.12 bits per heavy atom. The molecule has 6 heteroatoms. The molecule has 1 saturated heterocycles. The largest absolute Gasteiger partial charge is 0.504 e. The summed E-state index contributed by atoms with van der Waals surface area (Å²) in [4.78, 5) is 15.3. The van der Waals surface area contributed by atoms with Crippen LogP contribution in [0.25, 0.3) is 0 Å². The van der Waals surface area contributed by atoms with Gasteiger partial charge < -0.3 is 14.7 Å². The normalized spacial score (nSPS) is 34.8. The van der Waals surface area contributed by atoms with Gasteiger partial charge in [-0.3, -0.25) is 4.79 Å². The van der Waals surface area contributed by atoms with Crippen molar-refractivity contribution in [3.05, 3.63) is 57.6 Å². The highest BCUT2D eigenvalue weighted by Crippen LogP contribution is 2.70. The van der Waals surface area contributed by atoms with Crippen molar-refractivity contribution < 1.29 is 24.5 Å². The molecule has 2 aromatic carbocycles. The first-order valence-corrected chi connectivity index (χ1v) is 15.0. The molecule has 1 amide bonds. The maximum Gasteiger partial charge on any atom is 0.298 e. The predicted octanol–water partition coefficient (Wildman–Crippen LogP) is 4.94. The second kappa shape index (κ2) is 8.50. The minimum Gasteiger partial charge on any atom is -0.504 e. The van der Waals surface area contributed by atoms with E-state index in [0.717, 1.165) is 48.9 Å². The minimum absolute atomic E-state index is 0.0745. The summed E-state index contributed by atoms with van der Waals surface area (Å²) in [5, 5.41) is 23.1. The third kappa shape index (κ3) is 3.34. The molecular weight excluding hydrogens is 500 g/mol. The quantitative estimate of drug-likeness (QED) is 0.427. The van der Waals surface area contributed by atoms with Crippen LogP contribution in [0.5, 0.6) is 11.5 Å². The van der Waals surface area contributed by atoms with Crippen LogP contribution in [0.15, 0.2) is 24.3 Å². The van der Waals surface area contributed by atoms with Gasteiger partial charge in [0.1, 0.15) is 25.2 Å². The van der Waals surface area contributed by atoms with E-state index in [1.54, 1.807) is 11.0 Å². The lowest BCUT2D eigenvalue weighted by Crippen LogP contribution is -2.78. The number of ether oxygens (including phenoxy) is 1. The Kier molecular flexibility index (Phi) is 5.51. The lowest BCUT2D eigenvalue weighted by Gasteiger charge is -2.65. The Morgan fingerprint density at radius 2 is 1.90 bits per heavy atom. The number of aromatic hydroxyl groups is 1. The average Bonchev–Trinajstić information content (AvgIpc) is 3.66. The number of carbonyl (C=O) groups is 1. The van der Waals surface area contributed by atoms with Crippen LogP contribution < -0.4 is 4.74 Å². The SMILES string of the molecule is Cc1ccc(C#CC(=O)N(C)[C@H]2CC[C@@]3(C)[C@H]4Cc5ccc(O)c6c5[C@@]3(CC[N+]4(O)CC3CC3)[C@H]2O6)c(C)c1C. The van der Waals surface area contributed by atoms with Crippen molar-refractivity contribution >= 4 is 5.91 Å². The second-order valence-electron chi connectivity index (χ2n) is 13.6. The second-order valence-corrected chi connectivity index (χ2v) is 13.6. The van der Waals surface area contributed by atoms with Crippen molar-refractivity contribution in [3.63, 3.8) is 0 Å². The van der Waals surface area contributed by atoms with Crippen LogP contribution in [0.3, 0.4) is 0 Å². The van der Waals surface area contributed by atoms with Gasteiger partial charge >= 0.3 is 0 Å². The molecule has 6 nitrogen and oxygen atoms in total. The van der Waals surface area contributed by atoms with Gasteiger partial charge in [-0.15, -0.1) is 0 Å². The summed E-state index contributed by atoms with van der Waals surface area (Å²) in [5.41, 5.74) is 6.18. The fourth-order valence-corrected chi connectivity index (χ4v) is 9.09. The van der Waals surface area contributed by atoms with Crippen molar-refractivity contribution in [3.8, 4) is 23.3 Å². The number of carbonyl (C=O) groups excluding carboxylic acids is 1. The predicted molar refractivity (Wildman–Crippen MR) is 152 cm³/mol. The molecule has 2 saturated carbocycles. The highest BCUT2D eigenvalue weighted by Gasteiger charge is 2.76. The maximum absolute atomic E-state index is 13.6. The van der Waals surface area contributed by atoms with Crippen LogP contribution in [-0.2, 0) is 16.6 Å². The minimum atomic E-state index is -0.358. The fraction of sp³-hybridized carbons (Fsp3) is 0.559. The molecule has 2 N–H and O–H groups in total. The molecule has 2 aliphatic heterocycles. The first-order valence-electron chi connectivity index (χ1n) is 15.0. The molecule has 2 aromatic rings. The molecular formula is C34H41N2O4+. The number of quaternary nitrogens is 1. The summed E-state index contributed by atoms with van der Waals surface area (Å²) in [6.07, 6.45) is 5.39. The Hall–Kier alpha value is -3.01. The summed E-state index contributed by atoms with van der Waals surface area (Å²) in [5.74, 6) is 7.25. The van der Waals surface area contributed by atoms with Crippen LogP contribution >= 0.6 is 0 Å². The summed E-state index contributed by atoms with van der Waals surface area (Å²) >= 11 is 0. The number of amides is 1. The summed E-state index contributed by atoms with van der Waals surface area (Å²) in [6.45, 7) is 10.1. The summed E-state index contributed by atoms with van der Waals surface area (Å²) in [6, 6.07) is 7.74. The molecule has 7 rings (SSSR count). The Balaban J connectivity index is 1.26. The van der Waals surface area contributed by atoms with Crippen LogP contribution in [0, 0.1) is 43.9 Å². The van der Waals surface area contributed by atoms with Gasteiger partial charge in [-0.25, -0.2) is 5.21 Å². The van der Waals surface area contributed by atoms with E-state index >= 15 is 0 Å². The number of piperidine rings is 1. The number of hydroxylamine groups is 3. The van der Waals surface area contributed by atoms with Crippen molar-refractivity contribution in [1.29, 1.82) is 0 Å². The lowest BCUT2D eigenvalue weighted by atomic mass is 9.43. The van der Waals surface area contributed by atoms with Crippen molar-refractivity contribution in [2.24, 2.45) is 11.3 Å². The molecule has 0 radical (unpaired) electrons. The van der Waals surface area contributed by atoms with Gasteiger partial charge in [0.25, 0.3) is 5.91 Å². The molecule has 6 atom stereocenters. The van der Waals surface area contributed by atoms with E-state index < -0.39 is 0 Å². The third-order valence-electron chi connectivity index (χ3n) is 11.8. The summed E-state index contributed by atoms with van der Waals surface area (Å²) < 4.78 is 6.89. The maximum atomic E-state index is 13.6. The molecule has 1 unspecified atom stereocenters. The van der Waals surface area contributed by atoms with Crippen LogP contribution in [0.2, 0.25) is 0 Å². The molecule has 40 heavy (non-hydrogen) atoms. The van der Waals surface area contributed by atoms with Gasteiger partial charge in [0.2, 0.25) is 0 Å². The van der Waals surface area contributed by atoms with E-state index in [4.69, 9.17) is 4.74 Å². The number of likely N-dealkylation sites (tertiary alicyclic amines) is 1. The van der Waals surface area contributed by atoms with Crippen molar-refractivity contribution in [2.45, 2.75) is 89.8 Å². The van der Waals surface area contributed by atoms with Crippen LogP contribution in [-0.4, -0.2) is 64.1 Å². The van der Waals surface area contributed by atoms with Crippen LogP contribution in [0.1, 0.15) is 72.4 Å². The number of phenolic OH excluding ortho intramolecular Hbond substituents is 1. The van der Waals surface area contributed by atoms with E-state index in [2.05, 4.69) is 45.6 Å². The Morgan fingerprint density at radius 3 is 2.65 bits per heavy atom. The molecule has 3 fully saturated rings. The molecule has 2 bridgehead atoms. The molecule has 210 valence electrons. The molecule has 0 aromatic heterocycles. The number of benzene rings is 2. The number of phenols is 1. The van der Waals surface area contributed by atoms with Crippen molar-refractivity contribution in [2.75, 3.05) is 20.1 Å². The first-order chi connectivity index (χ1) is 19.0. The third-order valence-corrected chi connectivity index (χ3v) is 11.8. The smallest absolute Gasteiger partial charge is 0.298 e. The van der Waals surface area contributed by atoms with E-state index in [1.807, 2.05) is 19.2 Å². The lowest BCUT2D eigenvalue weighted by molar-refractivity contribution is -1.13. The van der Waals surface area contributed by atoms with Gasteiger partial charge in [0, 0.05) is 48.3 Å². The highest BCUT2D eigenvalue weighted by atomic mass is 16.5. The fourth-order valence-electron chi connectivity index (χ4n) is 9.09. The van der Waals surface area contributed by atoms with E-state index in [1.165, 1.54) is 29.5 Å². The summed E-state index contributed by atoms with van der Waals surface area (Å²) in [7, 11) is 1.85. The number of hydrogen-bond acceptors (Lipinski definition) is 4. The molecule has 3 aliphatic carbocycles. The van der Waals surface area contributed by atoms with Gasteiger partial charge in [0.15, 0.2) is 11.5 Å². The number of rotatable bonds is 3. The van der Waals surface area contributed by atoms with Gasteiger partial charge in [0.05, 0.1) is 11.5 Å². The topological polar surface area (TPSA) is 70.0 Å². The van der Waals surface area contributed by atoms with Gasteiger partial charge in [-0.1, -0.05) is 25.0 Å². The number of likely N-dealkylation sites (N-methyl/N-ethyl adjacent to an activating group) is 1. The van der Waals surface area contributed by atoms with E-state index in [9.17, 15) is 15.1 Å². The highest BCUT2D eigenvalue weighted by molar-refractivity contribution is 5.94. The molecule has 5 aliphatic rings. The molecule has 1 spiro atoms. The van der Waals surface area contributed by atoms with Gasteiger partial charge in [-0.05, 0) is 80.8 Å². The van der Waals surface area contributed by atoms with E-state index in [0.29, 0.717) is 18.2 Å². The Bertz CT molecular complexity index is 1500. The molecule has 2 heterocycles.